The monoisotopic (exact) mass is 559 g/mol. The van der Waals surface area contributed by atoms with Crippen LogP contribution < -0.4 is 5.32 Å². The number of hydrogen-bond acceptors (Lipinski definition) is 4. The van der Waals surface area contributed by atoms with Crippen LogP contribution in [0.25, 0.3) is 0 Å². The Hall–Kier alpha value is -3.40. The number of carbonyl (C=O) groups excluding carboxylic acids is 2. The second kappa shape index (κ2) is 12.6. The maximum absolute atomic E-state index is 12.9. The van der Waals surface area contributed by atoms with E-state index in [1.807, 2.05) is 12.1 Å². The molecule has 4 rings (SSSR count). The summed E-state index contributed by atoms with van der Waals surface area (Å²) in [6, 6.07) is 18.8. The Balaban J connectivity index is 1.35. The second-order valence-corrected chi connectivity index (χ2v) is 9.84. The number of ketones is 1. The molecule has 0 aliphatic carbocycles. The number of alkyl halides is 3. The Morgan fingerprint density at radius 3 is 2.26 bits per heavy atom. The van der Waals surface area contributed by atoms with Crippen LogP contribution in [0.3, 0.4) is 0 Å². The molecular formula is C29H29ClF3N3O3. The lowest BCUT2D eigenvalue weighted by atomic mass is 10.1. The number of urea groups is 1. The molecule has 3 aromatic carbocycles. The van der Waals surface area contributed by atoms with Gasteiger partial charge >= 0.3 is 12.2 Å². The molecule has 1 atom stereocenters. The highest BCUT2D eigenvalue weighted by atomic mass is 35.5. The third-order valence-corrected chi connectivity index (χ3v) is 6.83. The van der Waals surface area contributed by atoms with Gasteiger partial charge in [0, 0.05) is 49.0 Å². The number of amides is 2. The number of halogens is 4. The molecule has 0 bridgehead atoms. The number of hydrogen-bond donors (Lipinski definition) is 1. The van der Waals surface area contributed by atoms with Crippen LogP contribution in [0, 0.1) is 0 Å². The van der Waals surface area contributed by atoms with Crippen molar-refractivity contribution in [2.24, 2.45) is 0 Å². The van der Waals surface area contributed by atoms with Crippen molar-refractivity contribution in [3.63, 3.8) is 0 Å². The van der Waals surface area contributed by atoms with Crippen LogP contribution in [0.5, 0.6) is 0 Å². The first-order valence-electron chi connectivity index (χ1n) is 12.5. The predicted octanol–water partition coefficient (Wildman–Crippen LogP) is 6.67. The van der Waals surface area contributed by atoms with Crippen LogP contribution in [-0.4, -0.2) is 54.3 Å². The van der Waals surface area contributed by atoms with Crippen molar-refractivity contribution in [2.75, 3.05) is 38.0 Å². The zero-order valence-electron chi connectivity index (χ0n) is 21.4. The highest BCUT2D eigenvalue weighted by Gasteiger charge is 2.30. The highest BCUT2D eigenvalue weighted by Crippen LogP contribution is 2.30. The number of piperazine rings is 1. The molecule has 1 N–H and O–H groups in total. The first-order valence-corrected chi connectivity index (χ1v) is 12.9. The topological polar surface area (TPSA) is 61.9 Å². The van der Waals surface area contributed by atoms with Crippen molar-refractivity contribution in [2.45, 2.75) is 25.8 Å². The number of Topliss-reactive ketones (excluding diaryl/α,β-unsaturated/α-hetero) is 1. The van der Waals surface area contributed by atoms with Crippen LogP contribution in [0.15, 0.2) is 72.8 Å². The number of nitrogens with one attached hydrogen (secondary N) is 1. The molecular weight excluding hydrogens is 531 g/mol. The molecule has 1 aliphatic heterocycles. The summed E-state index contributed by atoms with van der Waals surface area (Å²) >= 11 is 6.06. The van der Waals surface area contributed by atoms with Gasteiger partial charge in [0.2, 0.25) is 0 Å². The zero-order chi connectivity index (χ0) is 28.0. The minimum Gasteiger partial charge on any atom is -0.368 e. The van der Waals surface area contributed by atoms with E-state index in [-0.39, 0.29) is 24.5 Å². The van der Waals surface area contributed by atoms with Crippen molar-refractivity contribution in [1.82, 2.24) is 9.80 Å². The Morgan fingerprint density at radius 2 is 1.64 bits per heavy atom. The molecule has 0 saturated carbocycles. The summed E-state index contributed by atoms with van der Waals surface area (Å²) in [5, 5.41) is 3.45. The third kappa shape index (κ3) is 8.05. The Morgan fingerprint density at radius 1 is 0.974 bits per heavy atom. The van der Waals surface area contributed by atoms with Gasteiger partial charge < -0.3 is 15.0 Å². The SMILES string of the molecule is CC(=O)c1cccc(NC(=O)N2CCN(C[C@@H](OCc3ccc(C(F)(F)F)cc3)c3ccc(Cl)cc3)CC2)c1. The summed E-state index contributed by atoms with van der Waals surface area (Å²) < 4.78 is 44.9. The molecule has 0 aromatic heterocycles. The number of ether oxygens (including phenoxy) is 1. The summed E-state index contributed by atoms with van der Waals surface area (Å²) in [6.45, 7) is 4.41. The van der Waals surface area contributed by atoms with Crippen LogP contribution >= 0.6 is 11.6 Å². The molecule has 0 radical (unpaired) electrons. The molecule has 1 aliphatic rings. The average Bonchev–Trinajstić information content (AvgIpc) is 2.92. The lowest BCUT2D eigenvalue weighted by Crippen LogP contribution is -2.50. The molecule has 1 saturated heterocycles. The van der Waals surface area contributed by atoms with Crippen molar-refractivity contribution >= 4 is 29.1 Å². The Kier molecular flexibility index (Phi) is 9.27. The number of benzene rings is 3. The lowest BCUT2D eigenvalue weighted by molar-refractivity contribution is -0.137. The summed E-state index contributed by atoms with van der Waals surface area (Å²) in [4.78, 5) is 28.3. The molecule has 2 amide bonds. The quantitative estimate of drug-likeness (QED) is 0.313. The highest BCUT2D eigenvalue weighted by molar-refractivity contribution is 6.30. The summed E-state index contributed by atoms with van der Waals surface area (Å²) in [5.41, 5.74) is 1.93. The van der Waals surface area contributed by atoms with Crippen LogP contribution in [0.1, 0.15) is 40.1 Å². The molecule has 10 heteroatoms. The van der Waals surface area contributed by atoms with Gasteiger partial charge in [-0.05, 0) is 54.4 Å². The number of carbonyl (C=O) groups is 2. The van der Waals surface area contributed by atoms with Gasteiger partial charge in [-0.15, -0.1) is 0 Å². The molecule has 0 spiro atoms. The van der Waals surface area contributed by atoms with Gasteiger partial charge in [-0.1, -0.05) is 48.0 Å². The maximum atomic E-state index is 12.9. The summed E-state index contributed by atoms with van der Waals surface area (Å²) in [7, 11) is 0. The summed E-state index contributed by atoms with van der Waals surface area (Å²) in [5.74, 6) is -0.0736. The van der Waals surface area contributed by atoms with E-state index in [0.29, 0.717) is 54.6 Å². The number of anilines is 1. The van der Waals surface area contributed by atoms with E-state index in [1.54, 1.807) is 41.3 Å². The average molecular weight is 560 g/mol. The van der Waals surface area contributed by atoms with E-state index in [0.717, 1.165) is 17.7 Å². The predicted molar refractivity (Wildman–Crippen MR) is 144 cm³/mol. The number of nitrogens with zero attached hydrogens (tertiary/aromatic N) is 2. The minimum atomic E-state index is -4.39. The maximum Gasteiger partial charge on any atom is 0.416 e. The van der Waals surface area contributed by atoms with Crippen LogP contribution in [0.4, 0.5) is 23.7 Å². The van der Waals surface area contributed by atoms with Gasteiger partial charge in [-0.25, -0.2) is 4.79 Å². The van der Waals surface area contributed by atoms with Gasteiger partial charge in [0.25, 0.3) is 0 Å². The molecule has 3 aromatic rings. The molecule has 6 nitrogen and oxygen atoms in total. The largest absolute Gasteiger partial charge is 0.416 e. The van der Waals surface area contributed by atoms with Gasteiger partial charge in [-0.2, -0.15) is 13.2 Å². The molecule has 39 heavy (non-hydrogen) atoms. The first-order chi connectivity index (χ1) is 18.6. The molecule has 1 heterocycles. The van der Waals surface area contributed by atoms with Crippen LogP contribution in [-0.2, 0) is 17.5 Å². The van der Waals surface area contributed by atoms with Gasteiger partial charge in [0.05, 0.1) is 18.3 Å². The molecule has 1 fully saturated rings. The van der Waals surface area contributed by atoms with E-state index in [1.165, 1.54) is 19.1 Å². The first kappa shape index (κ1) is 28.6. The van der Waals surface area contributed by atoms with Gasteiger partial charge in [0.1, 0.15) is 0 Å². The van der Waals surface area contributed by atoms with E-state index in [4.69, 9.17) is 16.3 Å². The van der Waals surface area contributed by atoms with Gasteiger partial charge in [-0.3, -0.25) is 9.69 Å². The minimum absolute atomic E-state index is 0.0736. The smallest absolute Gasteiger partial charge is 0.368 e. The van der Waals surface area contributed by atoms with Crippen molar-refractivity contribution < 1.29 is 27.5 Å². The summed E-state index contributed by atoms with van der Waals surface area (Å²) in [6.07, 6.45) is -4.73. The van der Waals surface area contributed by atoms with Crippen molar-refractivity contribution in [3.05, 3.63) is 100 Å². The van der Waals surface area contributed by atoms with E-state index in [2.05, 4.69) is 10.2 Å². The standard InChI is InChI=1S/C29H29ClF3N3O3/c1-20(37)23-3-2-4-26(17-23)34-28(38)36-15-13-35(14-16-36)18-27(22-7-11-25(30)12-8-22)39-19-21-5-9-24(10-6-21)29(31,32)33/h2-12,17,27H,13-16,18-19H2,1H3,(H,34,38)/t27-/m1/s1. The Labute approximate surface area is 230 Å². The number of rotatable bonds is 8. The van der Waals surface area contributed by atoms with Crippen LogP contribution in [0.2, 0.25) is 5.02 Å². The van der Waals surface area contributed by atoms with Gasteiger partial charge in [0.15, 0.2) is 5.78 Å². The fourth-order valence-electron chi connectivity index (χ4n) is 4.31. The molecule has 0 unspecified atom stereocenters. The third-order valence-electron chi connectivity index (χ3n) is 6.58. The molecule has 206 valence electrons. The van der Waals surface area contributed by atoms with Crippen molar-refractivity contribution in [3.8, 4) is 0 Å². The second-order valence-electron chi connectivity index (χ2n) is 9.40. The van der Waals surface area contributed by atoms with Crippen molar-refractivity contribution in [1.29, 1.82) is 0 Å². The van der Waals surface area contributed by atoms with E-state index >= 15 is 0 Å². The normalized spacial score (nSPS) is 15.2. The fourth-order valence-corrected chi connectivity index (χ4v) is 4.43. The zero-order valence-corrected chi connectivity index (χ0v) is 22.1. The Bertz CT molecular complexity index is 1280. The van der Waals surface area contributed by atoms with E-state index in [9.17, 15) is 22.8 Å². The fraction of sp³-hybridized carbons (Fsp3) is 0.310. The van der Waals surface area contributed by atoms with E-state index < -0.39 is 11.7 Å². The lowest BCUT2D eigenvalue weighted by Gasteiger charge is -2.36.